The van der Waals surface area contributed by atoms with Crippen LogP contribution in [0.5, 0.6) is 0 Å². The van der Waals surface area contributed by atoms with Crippen LogP contribution in [0.4, 0.5) is 13.2 Å². The number of aryl methyl sites for hydroxylation is 1. The first-order valence-electron chi connectivity index (χ1n) is 9.62. The minimum Gasteiger partial charge on any atom is -0.475 e. The van der Waals surface area contributed by atoms with Gasteiger partial charge in [0.25, 0.3) is 0 Å². The van der Waals surface area contributed by atoms with Gasteiger partial charge in [0, 0.05) is 30.9 Å². The highest BCUT2D eigenvalue weighted by atomic mass is 19.4. The number of carboxylic acids is 1. The highest BCUT2D eigenvalue weighted by Crippen LogP contribution is 2.29. The summed E-state index contributed by atoms with van der Waals surface area (Å²) in [6, 6.07) is 15.8. The summed E-state index contributed by atoms with van der Waals surface area (Å²) >= 11 is 0. The van der Waals surface area contributed by atoms with Gasteiger partial charge in [0.15, 0.2) is 0 Å². The number of hydrogen-bond donors (Lipinski definition) is 2. The molecule has 0 amide bonds. The maximum Gasteiger partial charge on any atom is 0.490 e. The van der Waals surface area contributed by atoms with Crippen molar-refractivity contribution in [3.63, 3.8) is 0 Å². The molecular formula is C22H24F3N3O2. The Balaban J connectivity index is 0.000000318. The van der Waals surface area contributed by atoms with Crippen LogP contribution in [0.25, 0.3) is 10.8 Å². The van der Waals surface area contributed by atoms with Crippen molar-refractivity contribution in [3.8, 4) is 0 Å². The van der Waals surface area contributed by atoms with E-state index < -0.39 is 12.1 Å². The second-order valence-corrected chi connectivity index (χ2v) is 7.95. The number of benzene rings is 2. The predicted molar refractivity (Wildman–Crippen MR) is 108 cm³/mol. The lowest BCUT2D eigenvalue weighted by Gasteiger charge is -2.28. The molecule has 4 rings (SSSR count). The minimum atomic E-state index is -5.08. The fourth-order valence-corrected chi connectivity index (χ4v) is 3.50. The molecule has 0 radical (unpaired) electrons. The molecule has 5 nitrogen and oxygen atoms in total. The van der Waals surface area contributed by atoms with Gasteiger partial charge < -0.3 is 15.0 Å². The van der Waals surface area contributed by atoms with E-state index in [2.05, 4.69) is 77.4 Å². The summed E-state index contributed by atoms with van der Waals surface area (Å²) in [5.41, 5.74) is 1.47. The first-order valence-corrected chi connectivity index (χ1v) is 9.62. The van der Waals surface area contributed by atoms with E-state index in [4.69, 9.17) is 9.90 Å². The topological polar surface area (TPSA) is 67.2 Å². The van der Waals surface area contributed by atoms with Gasteiger partial charge in [-0.15, -0.1) is 0 Å². The van der Waals surface area contributed by atoms with Gasteiger partial charge >= 0.3 is 12.1 Å². The lowest BCUT2D eigenvalue weighted by atomic mass is 9.83. The van der Waals surface area contributed by atoms with E-state index in [0.717, 1.165) is 19.5 Å². The molecule has 1 aliphatic heterocycles. The van der Waals surface area contributed by atoms with Crippen LogP contribution >= 0.6 is 0 Å². The Morgan fingerprint density at radius 1 is 1.20 bits per heavy atom. The maximum absolute atomic E-state index is 10.6. The number of rotatable bonds is 4. The first kappa shape index (κ1) is 21.8. The van der Waals surface area contributed by atoms with Gasteiger partial charge in [0.1, 0.15) is 5.82 Å². The SMILES string of the molecule is CC(C)(CNC1CCn2ccnc21)c1ccc2ccccc2c1.O=C(O)C(F)(F)F. The zero-order chi connectivity index (χ0) is 21.9. The highest BCUT2D eigenvalue weighted by molar-refractivity contribution is 5.83. The first-order chi connectivity index (χ1) is 14.1. The molecule has 1 atom stereocenters. The fourth-order valence-electron chi connectivity index (χ4n) is 3.50. The van der Waals surface area contributed by atoms with Gasteiger partial charge in [-0.3, -0.25) is 0 Å². The molecule has 0 fully saturated rings. The van der Waals surface area contributed by atoms with Crippen LogP contribution in [-0.4, -0.2) is 33.3 Å². The molecule has 2 N–H and O–H groups in total. The summed E-state index contributed by atoms with van der Waals surface area (Å²) in [5, 5.41) is 13.5. The van der Waals surface area contributed by atoms with Gasteiger partial charge in [-0.05, 0) is 22.8 Å². The van der Waals surface area contributed by atoms with Crippen molar-refractivity contribution >= 4 is 16.7 Å². The van der Waals surface area contributed by atoms with Crippen LogP contribution in [0.3, 0.4) is 0 Å². The van der Waals surface area contributed by atoms with E-state index in [0.29, 0.717) is 6.04 Å². The van der Waals surface area contributed by atoms with Gasteiger partial charge in [0.05, 0.1) is 6.04 Å². The number of fused-ring (bicyclic) bond motifs is 2. The zero-order valence-electron chi connectivity index (χ0n) is 16.8. The molecule has 0 spiro atoms. The number of carbonyl (C=O) groups is 1. The molecule has 1 aliphatic rings. The van der Waals surface area contributed by atoms with Crippen LogP contribution in [-0.2, 0) is 16.8 Å². The number of aromatic nitrogens is 2. The van der Waals surface area contributed by atoms with Crippen LogP contribution in [0.15, 0.2) is 54.9 Å². The van der Waals surface area contributed by atoms with Crippen molar-refractivity contribution in [2.45, 2.75) is 44.4 Å². The van der Waals surface area contributed by atoms with Gasteiger partial charge in [0.2, 0.25) is 0 Å². The van der Waals surface area contributed by atoms with Gasteiger partial charge in [-0.2, -0.15) is 13.2 Å². The normalized spacial score (nSPS) is 16.1. The number of alkyl halides is 3. The van der Waals surface area contributed by atoms with E-state index in [1.54, 1.807) is 0 Å². The van der Waals surface area contributed by atoms with E-state index in [1.807, 2.05) is 6.20 Å². The third-order valence-electron chi connectivity index (χ3n) is 5.28. The Kier molecular flexibility index (Phi) is 6.17. The molecule has 8 heteroatoms. The van der Waals surface area contributed by atoms with E-state index in [-0.39, 0.29) is 5.41 Å². The molecular weight excluding hydrogens is 395 g/mol. The Bertz CT molecular complexity index is 1030. The van der Waals surface area contributed by atoms with E-state index in [1.165, 1.54) is 22.2 Å². The average Bonchev–Trinajstić information content (AvgIpc) is 3.30. The van der Waals surface area contributed by atoms with Crippen molar-refractivity contribution in [1.82, 2.24) is 14.9 Å². The van der Waals surface area contributed by atoms with E-state index in [9.17, 15) is 13.2 Å². The number of halogens is 3. The number of nitrogens with zero attached hydrogens (tertiary/aromatic N) is 2. The van der Waals surface area contributed by atoms with Crippen molar-refractivity contribution in [3.05, 3.63) is 66.2 Å². The summed E-state index contributed by atoms with van der Waals surface area (Å²) in [4.78, 5) is 13.4. The van der Waals surface area contributed by atoms with E-state index >= 15 is 0 Å². The summed E-state index contributed by atoms with van der Waals surface area (Å²) in [5.74, 6) is -1.58. The summed E-state index contributed by atoms with van der Waals surface area (Å²) in [6.45, 7) is 6.64. The summed E-state index contributed by atoms with van der Waals surface area (Å²) < 4.78 is 34.0. The number of aliphatic carboxylic acids is 1. The maximum atomic E-state index is 10.6. The fraction of sp³-hybridized carbons (Fsp3) is 0.364. The Morgan fingerprint density at radius 3 is 2.53 bits per heavy atom. The molecule has 2 aromatic carbocycles. The predicted octanol–water partition coefficient (Wildman–Crippen LogP) is 4.68. The summed E-state index contributed by atoms with van der Waals surface area (Å²) in [7, 11) is 0. The Labute approximate surface area is 172 Å². The smallest absolute Gasteiger partial charge is 0.475 e. The monoisotopic (exact) mass is 419 g/mol. The van der Waals surface area contributed by atoms with Gasteiger partial charge in [-0.25, -0.2) is 9.78 Å². The van der Waals surface area contributed by atoms with Crippen LogP contribution in [0.2, 0.25) is 0 Å². The minimum absolute atomic E-state index is 0.0873. The molecule has 1 aromatic heterocycles. The van der Waals surface area contributed by atoms with Gasteiger partial charge in [-0.1, -0.05) is 56.3 Å². The van der Waals surface area contributed by atoms with Crippen molar-refractivity contribution in [2.75, 3.05) is 6.54 Å². The molecule has 0 saturated carbocycles. The molecule has 30 heavy (non-hydrogen) atoms. The lowest BCUT2D eigenvalue weighted by Crippen LogP contribution is -2.35. The third kappa shape index (κ3) is 4.99. The van der Waals surface area contributed by atoms with Crippen molar-refractivity contribution in [2.24, 2.45) is 0 Å². The number of nitrogens with one attached hydrogen (secondary N) is 1. The Morgan fingerprint density at radius 2 is 1.87 bits per heavy atom. The summed E-state index contributed by atoms with van der Waals surface area (Å²) in [6.07, 6.45) is 0.0279. The zero-order valence-corrected chi connectivity index (χ0v) is 16.8. The quantitative estimate of drug-likeness (QED) is 0.644. The van der Waals surface area contributed by atoms with Crippen LogP contribution in [0.1, 0.15) is 37.7 Å². The second kappa shape index (κ2) is 8.47. The molecule has 0 saturated heterocycles. The molecule has 3 aromatic rings. The molecule has 0 bridgehead atoms. The average molecular weight is 419 g/mol. The molecule has 2 heterocycles. The van der Waals surface area contributed by atoms with Crippen molar-refractivity contribution < 1.29 is 23.1 Å². The third-order valence-corrected chi connectivity index (χ3v) is 5.28. The molecule has 160 valence electrons. The largest absolute Gasteiger partial charge is 0.490 e. The molecule has 1 unspecified atom stereocenters. The number of imidazole rings is 1. The van der Waals surface area contributed by atoms with Crippen LogP contribution < -0.4 is 5.32 Å². The number of carboxylic acid groups (broad SMARTS) is 1. The highest BCUT2D eigenvalue weighted by Gasteiger charge is 2.38. The second-order valence-electron chi connectivity index (χ2n) is 7.95. The molecule has 0 aliphatic carbocycles. The Hall–Kier alpha value is -2.87. The lowest BCUT2D eigenvalue weighted by molar-refractivity contribution is -0.192. The van der Waals surface area contributed by atoms with Crippen LogP contribution in [0, 0.1) is 0 Å². The van der Waals surface area contributed by atoms with Crippen molar-refractivity contribution in [1.29, 1.82) is 0 Å². The standard InChI is InChI=1S/C20H23N3.C2HF3O2/c1-20(2,14-22-18-9-11-23-12-10-21-19(18)23)17-8-7-15-5-3-4-6-16(15)13-17;3-2(4,5)1(6)7/h3-8,10,12-13,18,22H,9,11,14H2,1-2H3;(H,6,7). The number of hydrogen-bond acceptors (Lipinski definition) is 3.